The third-order valence-corrected chi connectivity index (χ3v) is 6.14. The van der Waals surface area contributed by atoms with Gasteiger partial charge in [0.1, 0.15) is 5.75 Å². The van der Waals surface area contributed by atoms with Gasteiger partial charge in [-0.15, -0.1) is 0 Å². The van der Waals surface area contributed by atoms with Gasteiger partial charge < -0.3 is 15.6 Å². The van der Waals surface area contributed by atoms with Crippen molar-refractivity contribution >= 4 is 0 Å². The molecule has 2 aliphatic rings. The van der Waals surface area contributed by atoms with Gasteiger partial charge in [-0.3, -0.25) is 0 Å². The predicted octanol–water partition coefficient (Wildman–Crippen LogP) is 2.75. The van der Waals surface area contributed by atoms with Gasteiger partial charge in [0.25, 0.3) is 0 Å². The van der Waals surface area contributed by atoms with Crippen molar-refractivity contribution in [3.63, 3.8) is 0 Å². The quantitative estimate of drug-likeness (QED) is 0.880. The summed E-state index contributed by atoms with van der Waals surface area (Å²) in [7, 11) is 0. The Kier molecular flexibility index (Phi) is 3.74. The molecule has 1 heterocycles. The lowest BCUT2D eigenvalue weighted by Crippen LogP contribution is -2.63. The van der Waals surface area contributed by atoms with E-state index in [1.807, 2.05) is 18.2 Å². The van der Waals surface area contributed by atoms with Crippen molar-refractivity contribution in [3.8, 4) is 5.75 Å². The highest BCUT2D eigenvalue weighted by molar-refractivity contribution is 5.37. The van der Waals surface area contributed by atoms with Gasteiger partial charge >= 0.3 is 0 Å². The molecule has 3 N–H and O–H groups in total. The van der Waals surface area contributed by atoms with Crippen molar-refractivity contribution in [2.45, 2.75) is 45.1 Å². The maximum Gasteiger partial charge on any atom is 0.122 e. The zero-order chi connectivity index (χ0) is 15.1. The van der Waals surface area contributed by atoms with E-state index in [9.17, 15) is 5.11 Å². The van der Waals surface area contributed by atoms with E-state index in [0.29, 0.717) is 19.1 Å². The van der Waals surface area contributed by atoms with Crippen LogP contribution >= 0.6 is 0 Å². The maximum atomic E-state index is 11.6. The van der Waals surface area contributed by atoms with Crippen LogP contribution in [0.25, 0.3) is 0 Å². The van der Waals surface area contributed by atoms with Gasteiger partial charge in [-0.05, 0) is 36.3 Å². The van der Waals surface area contributed by atoms with Crippen LogP contribution in [0.4, 0.5) is 0 Å². The van der Waals surface area contributed by atoms with Crippen molar-refractivity contribution in [2.75, 3.05) is 13.2 Å². The van der Waals surface area contributed by atoms with E-state index in [2.05, 4.69) is 19.9 Å². The molecule has 1 fully saturated rings. The van der Waals surface area contributed by atoms with E-state index in [-0.39, 0.29) is 11.3 Å². The van der Waals surface area contributed by atoms with Gasteiger partial charge in [0.05, 0.1) is 12.2 Å². The summed E-state index contributed by atoms with van der Waals surface area (Å²) >= 11 is 0. The fourth-order valence-electron chi connectivity index (χ4n) is 4.40. The molecule has 0 bridgehead atoms. The molecule has 1 saturated carbocycles. The maximum absolute atomic E-state index is 11.6. The zero-order valence-corrected chi connectivity index (χ0v) is 13.1. The fourth-order valence-corrected chi connectivity index (χ4v) is 4.40. The molecule has 0 spiro atoms. The van der Waals surface area contributed by atoms with Crippen LogP contribution in [0.2, 0.25) is 0 Å². The third-order valence-electron chi connectivity index (χ3n) is 6.14. The van der Waals surface area contributed by atoms with E-state index < -0.39 is 5.60 Å². The third kappa shape index (κ3) is 2.18. The van der Waals surface area contributed by atoms with Crippen LogP contribution in [0.15, 0.2) is 24.3 Å². The fraction of sp³-hybridized carbons (Fsp3) is 0.667. The Hall–Kier alpha value is -1.06. The first kappa shape index (κ1) is 14.9. The summed E-state index contributed by atoms with van der Waals surface area (Å²) < 4.78 is 5.99. The van der Waals surface area contributed by atoms with Gasteiger partial charge in [0, 0.05) is 12.0 Å². The molecule has 0 saturated heterocycles. The molecule has 1 aromatic carbocycles. The molecule has 4 unspecified atom stereocenters. The summed E-state index contributed by atoms with van der Waals surface area (Å²) in [5.41, 5.74) is 6.26. The summed E-state index contributed by atoms with van der Waals surface area (Å²) in [6.07, 6.45) is 3.92. The zero-order valence-electron chi connectivity index (χ0n) is 13.1. The first-order valence-electron chi connectivity index (χ1n) is 8.15. The summed E-state index contributed by atoms with van der Waals surface area (Å²) in [6.45, 7) is 5.42. The molecule has 21 heavy (non-hydrogen) atoms. The van der Waals surface area contributed by atoms with Gasteiger partial charge in [-0.25, -0.2) is 0 Å². The Balaban J connectivity index is 1.98. The van der Waals surface area contributed by atoms with E-state index >= 15 is 0 Å². The molecule has 0 aromatic heterocycles. The Morgan fingerprint density at radius 1 is 1.33 bits per heavy atom. The number of nitrogens with two attached hydrogens (primary N) is 1. The molecule has 3 rings (SSSR count). The summed E-state index contributed by atoms with van der Waals surface area (Å²) in [5, 5.41) is 11.6. The second kappa shape index (κ2) is 5.29. The SMILES string of the molecule is CC1CCCC(O)(C2(CN)COc3ccccc3C2)C1C. The summed E-state index contributed by atoms with van der Waals surface area (Å²) in [6, 6.07) is 8.13. The van der Waals surface area contributed by atoms with E-state index in [0.717, 1.165) is 25.0 Å². The molecular weight excluding hydrogens is 262 g/mol. The number of para-hydroxylation sites is 1. The van der Waals surface area contributed by atoms with Gasteiger partial charge in [0.15, 0.2) is 0 Å². The summed E-state index contributed by atoms with van der Waals surface area (Å²) in [5.74, 6) is 1.73. The van der Waals surface area contributed by atoms with Crippen molar-refractivity contribution in [1.29, 1.82) is 0 Å². The molecule has 4 atom stereocenters. The van der Waals surface area contributed by atoms with Crippen LogP contribution in [0, 0.1) is 17.3 Å². The van der Waals surface area contributed by atoms with Crippen LogP contribution in [-0.4, -0.2) is 23.9 Å². The second-order valence-corrected chi connectivity index (χ2v) is 7.14. The number of aliphatic hydroxyl groups is 1. The van der Waals surface area contributed by atoms with Crippen molar-refractivity contribution in [2.24, 2.45) is 23.0 Å². The molecule has 3 nitrogen and oxygen atoms in total. The molecule has 0 amide bonds. The van der Waals surface area contributed by atoms with Crippen molar-refractivity contribution in [3.05, 3.63) is 29.8 Å². The molecule has 1 aliphatic heterocycles. The monoisotopic (exact) mass is 289 g/mol. The number of rotatable bonds is 2. The first-order valence-corrected chi connectivity index (χ1v) is 8.15. The highest BCUT2D eigenvalue weighted by atomic mass is 16.5. The number of hydrogen-bond acceptors (Lipinski definition) is 3. The standard InChI is InChI=1S/C18H27NO2/c1-13-6-5-9-18(20,14(13)2)17(11-19)10-15-7-3-4-8-16(15)21-12-17/h3-4,7-8,13-14,20H,5-6,9-12,19H2,1-2H3. The van der Waals surface area contributed by atoms with Gasteiger partial charge in [-0.1, -0.05) is 44.9 Å². The number of hydrogen-bond donors (Lipinski definition) is 2. The normalized spacial score (nSPS) is 39.4. The summed E-state index contributed by atoms with van der Waals surface area (Å²) in [4.78, 5) is 0. The Morgan fingerprint density at radius 3 is 2.86 bits per heavy atom. The lowest BCUT2D eigenvalue weighted by atomic mass is 9.56. The van der Waals surface area contributed by atoms with E-state index in [1.165, 1.54) is 12.0 Å². The van der Waals surface area contributed by atoms with Gasteiger partial charge in [-0.2, -0.15) is 0 Å². The minimum atomic E-state index is -0.729. The number of ether oxygens (including phenoxy) is 1. The second-order valence-electron chi connectivity index (χ2n) is 7.14. The average Bonchev–Trinajstić information content (AvgIpc) is 2.52. The number of benzene rings is 1. The average molecular weight is 289 g/mol. The lowest BCUT2D eigenvalue weighted by Gasteiger charge is -2.55. The van der Waals surface area contributed by atoms with E-state index in [1.54, 1.807) is 0 Å². The van der Waals surface area contributed by atoms with Crippen LogP contribution in [0.1, 0.15) is 38.7 Å². The smallest absolute Gasteiger partial charge is 0.122 e. The number of fused-ring (bicyclic) bond motifs is 1. The topological polar surface area (TPSA) is 55.5 Å². The lowest BCUT2D eigenvalue weighted by molar-refractivity contribution is -0.169. The van der Waals surface area contributed by atoms with Gasteiger partial charge in [0.2, 0.25) is 0 Å². The molecular formula is C18H27NO2. The minimum absolute atomic E-state index is 0.253. The molecule has 3 heteroatoms. The highest BCUT2D eigenvalue weighted by Gasteiger charge is 2.56. The molecule has 116 valence electrons. The van der Waals surface area contributed by atoms with Crippen LogP contribution in [-0.2, 0) is 6.42 Å². The molecule has 1 aliphatic carbocycles. The van der Waals surface area contributed by atoms with Crippen LogP contribution in [0.3, 0.4) is 0 Å². The van der Waals surface area contributed by atoms with Crippen LogP contribution in [0.5, 0.6) is 5.75 Å². The Labute approximate surface area is 127 Å². The molecule has 0 radical (unpaired) electrons. The van der Waals surface area contributed by atoms with E-state index in [4.69, 9.17) is 10.5 Å². The minimum Gasteiger partial charge on any atom is -0.493 e. The Morgan fingerprint density at radius 2 is 2.10 bits per heavy atom. The Bertz CT molecular complexity index is 518. The predicted molar refractivity (Wildman–Crippen MR) is 84.3 cm³/mol. The highest BCUT2D eigenvalue weighted by Crippen LogP contribution is 2.51. The largest absolute Gasteiger partial charge is 0.493 e. The van der Waals surface area contributed by atoms with Crippen molar-refractivity contribution in [1.82, 2.24) is 0 Å². The first-order chi connectivity index (χ1) is 10.0. The molecule has 1 aromatic rings. The van der Waals surface area contributed by atoms with Crippen LogP contribution < -0.4 is 10.5 Å². The van der Waals surface area contributed by atoms with Crippen molar-refractivity contribution < 1.29 is 9.84 Å².